The number of anilines is 1. The normalized spacial score (nSPS) is 14.9. The van der Waals surface area contributed by atoms with E-state index in [-0.39, 0.29) is 10.8 Å². The van der Waals surface area contributed by atoms with E-state index in [1.807, 2.05) is 0 Å². The average molecular weight is 427 g/mol. The number of benzene rings is 2. The van der Waals surface area contributed by atoms with Crippen molar-refractivity contribution in [1.29, 1.82) is 0 Å². The third kappa shape index (κ3) is 4.23. The zero-order chi connectivity index (χ0) is 19.6. The van der Waals surface area contributed by atoms with E-state index >= 15 is 0 Å². The molecule has 0 atom stereocenters. The van der Waals surface area contributed by atoms with Gasteiger partial charge in [0.25, 0.3) is 15.9 Å². The number of sulfonamides is 1. The average Bonchev–Trinajstić information content (AvgIpc) is 2.68. The van der Waals surface area contributed by atoms with Gasteiger partial charge in [0.05, 0.1) is 21.2 Å². The summed E-state index contributed by atoms with van der Waals surface area (Å²) in [4.78, 5) is 14.7. The predicted octanol–water partition coefficient (Wildman–Crippen LogP) is 4.44. The highest BCUT2D eigenvalue weighted by Gasteiger charge is 2.25. The van der Waals surface area contributed by atoms with E-state index in [4.69, 9.17) is 23.2 Å². The molecule has 5 nitrogen and oxygen atoms in total. The highest BCUT2D eigenvalue weighted by Crippen LogP contribution is 2.28. The Balaban J connectivity index is 1.92. The Morgan fingerprint density at radius 2 is 1.63 bits per heavy atom. The minimum absolute atomic E-state index is 0.119. The molecule has 8 heteroatoms. The lowest BCUT2D eigenvalue weighted by molar-refractivity contribution is 0.0724. The molecule has 0 aromatic heterocycles. The molecular formula is C19H20Cl2N2O3S. The van der Waals surface area contributed by atoms with Crippen molar-refractivity contribution in [2.45, 2.75) is 24.2 Å². The molecule has 0 radical (unpaired) electrons. The highest BCUT2D eigenvalue weighted by molar-refractivity contribution is 7.92. The molecule has 0 N–H and O–H groups in total. The maximum Gasteiger partial charge on any atom is 0.264 e. The number of amides is 1. The molecule has 1 saturated heterocycles. The fourth-order valence-corrected chi connectivity index (χ4v) is 4.56. The lowest BCUT2D eigenvalue weighted by Crippen LogP contribution is -2.36. The van der Waals surface area contributed by atoms with Crippen molar-refractivity contribution in [3.05, 3.63) is 58.1 Å². The monoisotopic (exact) mass is 426 g/mol. The van der Waals surface area contributed by atoms with E-state index in [9.17, 15) is 13.2 Å². The molecule has 2 aromatic carbocycles. The number of piperidine rings is 1. The van der Waals surface area contributed by atoms with Gasteiger partial charge >= 0.3 is 0 Å². The summed E-state index contributed by atoms with van der Waals surface area (Å²) in [6, 6.07) is 10.6. The van der Waals surface area contributed by atoms with Crippen LogP contribution in [-0.4, -0.2) is 39.4 Å². The SMILES string of the molecule is CN(c1ccc(Cl)c(C(=O)N2CCCCC2)c1)S(=O)(=O)c1ccc(Cl)cc1. The maximum absolute atomic E-state index is 12.9. The van der Waals surface area contributed by atoms with Gasteiger partial charge in [0.15, 0.2) is 0 Å². The molecule has 0 bridgehead atoms. The quantitative estimate of drug-likeness (QED) is 0.725. The van der Waals surface area contributed by atoms with Gasteiger partial charge in [0.1, 0.15) is 0 Å². The first-order valence-corrected chi connectivity index (χ1v) is 10.8. The molecule has 144 valence electrons. The number of hydrogen-bond donors (Lipinski definition) is 0. The van der Waals surface area contributed by atoms with Gasteiger partial charge in [-0.2, -0.15) is 0 Å². The van der Waals surface area contributed by atoms with Crippen molar-refractivity contribution in [2.75, 3.05) is 24.4 Å². The Hall–Kier alpha value is -1.76. The molecule has 1 heterocycles. The second-order valence-corrected chi connectivity index (χ2v) is 9.26. The van der Waals surface area contributed by atoms with Crippen LogP contribution < -0.4 is 4.31 Å². The zero-order valence-electron chi connectivity index (χ0n) is 14.9. The number of nitrogens with zero attached hydrogens (tertiary/aromatic N) is 2. The lowest BCUT2D eigenvalue weighted by Gasteiger charge is -2.27. The first kappa shape index (κ1) is 20.0. The number of carbonyl (C=O) groups excluding carboxylic acids is 1. The van der Waals surface area contributed by atoms with Crippen LogP contribution in [0.15, 0.2) is 47.4 Å². The summed E-state index contributed by atoms with van der Waals surface area (Å²) in [6.45, 7) is 1.39. The van der Waals surface area contributed by atoms with Gasteiger partial charge in [-0.25, -0.2) is 8.42 Å². The van der Waals surface area contributed by atoms with Gasteiger partial charge in [-0.3, -0.25) is 9.10 Å². The van der Waals surface area contributed by atoms with Crippen molar-refractivity contribution < 1.29 is 13.2 Å². The van der Waals surface area contributed by atoms with Crippen molar-refractivity contribution in [3.63, 3.8) is 0 Å². The van der Waals surface area contributed by atoms with Gasteiger partial charge < -0.3 is 4.90 Å². The largest absolute Gasteiger partial charge is 0.339 e. The highest BCUT2D eigenvalue weighted by atomic mass is 35.5. The summed E-state index contributed by atoms with van der Waals surface area (Å²) in [5.74, 6) is -0.168. The van der Waals surface area contributed by atoms with E-state index in [2.05, 4.69) is 0 Å². The number of rotatable bonds is 4. The minimum atomic E-state index is -3.78. The molecular weight excluding hydrogens is 407 g/mol. The van der Waals surface area contributed by atoms with Crippen LogP contribution in [0.25, 0.3) is 0 Å². The Kier molecular flexibility index (Phi) is 5.99. The number of carbonyl (C=O) groups is 1. The van der Waals surface area contributed by atoms with Gasteiger partial charge in [-0.15, -0.1) is 0 Å². The lowest BCUT2D eigenvalue weighted by atomic mass is 10.1. The van der Waals surface area contributed by atoms with Crippen LogP contribution in [0.2, 0.25) is 10.0 Å². The van der Waals surface area contributed by atoms with Gasteiger partial charge in [0, 0.05) is 25.2 Å². The second-order valence-electron chi connectivity index (χ2n) is 6.44. The summed E-state index contributed by atoms with van der Waals surface area (Å²) in [7, 11) is -2.34. The second kappa shape index (κ2) is 8.09. The molecule has 1 fully saturated rings. The summed E-state index contributed by atoms with van der Waals surface area (Å²) in [5.41, 5.74) is 0.684. The van der Waals surface area contributed by atoms with Crippen LogP contribution in [-0.2, 0) is 10.0 Å². The summed E-state index contributed by atoms with van der Waals surface area (Å²) in [6.07, 6.45) is 3.04. The molecule has 27 heavy (non-hydrogen) atoms. The Morgan fingerprint density at radius 1 is 1.00 bits per heavy atom. The summed E-state index contributed by atoms with van der Waals surface area (Å²) in [5, 5.41) is 0.768. The first-order chi connectivity index (χ1) is 12.8. The Morgan fingerprint density at radius 3 is 2.26 bits per heavy atom. The molecule has 3 rings (SSSR count). The minimum Gasteiger partial charge on any atom is -0.339 e. The number of hydrogen-bond acceptors (Lipinski definition) is 3. The van der Waals surface area contributed by atoms with E-state index < -0.39 is 10.0 Å². The van der Waals surface area contributed by atoms with Crippen molar-refractivity contribution in [1.82, 2.24) is 4.90 Å². The molecule has 0 saturated carbocycles. The smallest absolute Gasteiger partial charge is 0.264 e. The van der Waals surface area contributed by atoms with E-state index in [0.717, 1.165) is 23.6 Å². The topological polar surface area (TPSA) is 57.7 Å². The fraction of sp³-hybridized carbons (Fsp3) is 0.316. The van der Waals surface area contributed by atoms with Crippen LogP contribution in [0.3, 0.4) is 0 Å². The summed E-state index contributed by atoms with van der Waals surface area (Å²) < 4.78 is 26.9. The summed E-state index contributed by atoms with van der Waals surface area (Å²) >= 11 is 12.1. The van der Waals surface area contributed by atoms with E-state index in [1.165, 1.54) is 37.4 Å². The van der Waals surface area contributed by atoms with Crippen LogP contribution in [0.5, 0.6) is 0 Å². The molecule has 2 aromatic rings. The Labute approximate surface area is 169 Å². The predicted molar refractivity (Wildman–Crippen MR) is 108 cm³/mol. The van der Waals surface area contributed by atoms with Crippen molar-refractivity contribution in [2.24, 2.45) is 0 Å². The first-order valence-electron chi connectivity index (χ1n) is 8.64. The molecule has 1 aliphatic rings. The number of likely N-dealkylation sites (tertiary alicyclic amines) is 1. The van der Waals surface area contributed by atoms with Gasteiger partial charge in [-0.05, 0) is 61.7 Å². The van der Waals surface area contributed by atoms with Crippen molar-refractivity contribution in [3.8, 4) is 0 Å². The molecule has 0 unspecified atom stereocenters. The van der Waals surface area contributed by atoms with Crippen LogP contribution in [0.1, 0.15) is 29.6 Å². The standard InChI is InChI=1S/C19H20Cl2N2O3S/c1-22(27(25,26)16-8-5-14(20)6-9-16)15-7-10-18(21)17(13-15)19(24)23-11-3-2-4-12-23/h5-10,13H,2-4,11-12H2,1H3. The van der Waals surface area contributed by atoms with Gasteiger partial charge in [-0.1, -0.05) is 23.2 Å². The third-order valence-electron chi connectivity index (χ3n) is 4.66. The van der Waals surface area contributed by atoms with Crippen molar-refractivity contribution >= 4 is 44.8 Å². The van der Waals surface area contributed by atoms with Crippen LogP contribution in [0, 0.1) is 0 Å². The van der Waals surface area contributed by atoms with Crippen LogP contribution in [0.4, 0.5) is 5.69 Å². The van der Waals surface area contributed by atoms with E-state index in [0.29, 0.717) is 34.4 Å². The van der Waals surface area contributed by atoms with Gasteiger partial charge in [0.2, 0.25) is 0 Å². The molecule has 1 aliphatic heterocycles. The number of halogens is 2. The molecule has 1 amide bonds. The molecule has 0 aliphatic carbocycles. The fourth-order valence-electron chi connectivity index (χ4n) is 3.04. The van der Waals surface area contributed by atoms with E-state index in [1.54, 1.807) is 17.0 Å². The maximum atomic E-state index is 12.9. The molecule has 0 spiro atoms. The zero-order valence-corrected chi connectivity index (χ0v) is 17.2. The third-order valence-corrected chi connectivity index (χ3v) is 7.04. The van der Waals surface area contributed by atoms with Crippen LogP contribution >= 0.6 is 23.2 Å². The Bertz CT molecular complexity index is 940.